The molecule has 0 saturated carbocycles. The second kappa shape index (κ2) is 10.1. The molecule has 32 heavy (non-hydrogen) atoms. The van der Waals surface area contributed by atoms with Gasteiger partial charge in [-0.1, -0.05) is 59.1 Å². The highest BCUT2D eigenvalue weighted by Gasteiger charge is 2.22. The number of halogens is 2. The molecule has 0 aliphatic heterocycles. The van der Waals surface area contributed by atoms with Gasteiger partial charge in [0, 0.05) is 21.2 Å². The first-order valence-corrected chi connectivity index (χ1v) is 11.7. The van der Waals surface area contributed by atoms with Crippen LogP contribution >= 0.6 is 23.2 Å². The van der Waals surface area contributed by atoms with Gasteiger partial charge in [-0.25, -0.2) is 8.42 Å². The summed E-state index contributed by atoms with van der Waals surface area (Å²) in [5.74, 6) is 0.668. The number of benzene rings is 3. The van der Waals surface area contributed by atoms with E-state index in [4.69, 9.17) is 32.7 Å². The van der Waals surface area contributed by atoms with Crippen LogP contribution in [0.4, 0.5) is 0 Å². The number of rotatable bonds is 7. The Kier molecular flexibility index (Phi) is 7.47. The zero-order valence-corrected chi connectivity index (χ0v) is 19.6. The first-order valence-electron chi connectivity index (χ1n) is 9.43. The smallest absolute Gasteiger partial charge is 0.216 e. The van der Waals surface area contributed by atoms with Crippen LogP contribution in [0.25, 0.3) is 6.08 Å². The van der Waals surface area contributed by atoms with Gasteiger partial charge in [0.2, 0.25) is 9.84 Å². The van der Waals surface area contributed by atoms with E-state index in [2.05, 4.69) is 0 Å². The van der Waals surface area contributed by atoms with E-state index in [1.807, 2.05) is 6.92 Å². The van der Waals surface area contributed by atoms with Gasteiger partial charge in [0.15, 0.2) is 11.5 Å². The molecule has 0 N–H and O–H groups in total. The van der Waals surface area contributed by atoms with Crippen LogP contribution in [0.3, 0.4) is 0 Å². The number of nitrogens with zero attached hydrogens (tertiary/aromatic N) is 1. The van der Waals surface area contributed by atoms with E-state index >= 15 is 0 Å². The van der Waals surface area contributed by atoms with E-state index in [0.29, 0.717) is 26.9 Å². The van der Waals surface area contributed by atoms with E-state index in [1.54, 1.807) is 54.6 Å². The third-order valence-electron chi connectivity index (χ3n) is 4.63. The van der Waals surface area contributed by atoms with Gasteiger partial charge in [0.05, 0.1) is 12.0 Å². The Morgan fingerprint density at radius 3 is 2.44 bits per heavy atom. The lowest BCUT2D eigenvalue weighted by atomic mass is 10.1. The first kappa shape index (κ1) is 23.7. The van der Waals surface area contributed by atoms with Crippen LogP contribution in [0.5, 0.6) is 11.5 Å². The topological polar surface area (TPSA) is 76.4 Å². The quantitative estimate of drug-likeness (QED) is 0.369. The highest BCUT2D eigenvalue weighted by Crippen LogP contribution is 2.35. The maximum atomic E-state index is 13.0. The summed E-state index contributed by atoms with van der Waals surface area (Å²) in [7, 11) is -2.54. The predicted molar refractivity (Wildman–Crippen MR) is 126 cm³/mol. The summed E-state index contributed by atoms with van der Waals surface area (Å²) >= 11 is 12.2. The average molecular weight is 488 g/mol. The standard InChI is InChI=1S/C24H19Cl2NO4S/c1-16-6-10-20(11-7-16)32(28,29)21(14-27)12-17-4-3-5-23(30-2)24(17)31-15-18-8-9-19(25)13-22(18)26/h3-13H,15H2,1-2H3/b21-12+. The lowest BCUT2D eigenvalue weighted by molar-refractivity contribution is 0.284. The molecule has 0 spiro atoms. The minimum Gasteiger partial charge on any atom is -0.493 e. The Morgan fingerprint density at radius 1 is 1.09 bits per heavy atom. The minimum atomic E-state index is -4.01. The van der Waals surface area contributed by atoms with Gasteiger partial charge < -0.3 is 9.47 Å². The molecule has 0 radical (unpaired) electrons. The third-order valence-corrected chi connectivity index (χ3v) is 6.90. The molecule has 164 valence electrons. The van der Waals surface area contributed by atoms with Crippen molar-refractivity contribution in [3.8, 4) is 17.6 Å². The van der Waals surface area contributed by atoms with Crippen LogP contribution in [-0.4, -0.2) is 15.5 Å². The number of ether oxygens (including phenoxy) is 2. The number of sulfone groups is 1. The van der Waals surface area contributed by atoms with E-state index in [0.717, 1.165) is 5.56 Å². The van der Waals surface area contributed by atoms with Crippen molar-refractivity contribution in [1.82, 2.24) is 0 Å². The normalized spacial score (nSPS) is 11.7. The molecule has 0 aromatic heterocycles. The van der Waals surface area contributed by atoms with Crippen molar-refractivity contribution in [2.75, 3.05) is 7.11 Å². The molecule has 0 atom stereocenters. The van der Waals surface area contributed by atoms with E-state index in [1.165, 1.54) is 25.3 Å². The molecule has 0 heterocycles. The van der Waals surface area contributed by atoms with Gasteiger partial charge in [-0.15, -0.1) is 0 Å². The Labute approximate surface area is 197 Å². The molecule has 5 nitrogen and oxygen atoms in total. The maximum Gasteiger partial charge on any atom is 0.216 e. The van der Waals surface area contributed by atoms with Crippen molar-refractivity contribution < 1.29 is 17.9 Å². The van der Waals surface area contributed by atoms with Crippen LogP contribution in [-0.2, 0) is 16.4 Å². The fourth-order valence-corrected chi connectivity index (χ4v) is 4.52. The highest BCUT2D eigenvalue weighted by molar-refractivity contribution is 7.95. The molecular formula is C24H19Cl2NO4S. The van der Waals surface area contributed by atoms with Gasteiger partial charge in [0.1, 0.15) is 17.6 Å². The molecule has 0 fully saturated rings. The van der Waals surface area contributed by atoms with Crippen molar-refractivity contribution in [1.29, 1.82) is 5.26 Å². The van der Waals surface area contributed by atoms with Gasteiger partial charge >= 0.3 is 0 Å². The molecule has 0 aliphatic rings. The molecule has 8 heteroatoms. The lowest BCUT2D eigenvalue weighted by Gasteiger charge is -2.14. The molecule has 0 bridgehead atoms. The summed E-state index contributed by atoms with van der Waals surface area (Å²) in [6.07, 6.45) is 1.27. The number of allylic oxidation sites excluding steroid dienone is 1. The summed E-state index contributed by atoms with van der Waals surface area (Å²) in [4.78, 5) is -0.377. The largest absolute Gasteiger partial charge is 0.493 e. The summed E-state index contributed by atoms with van der Waals surface area (Å²) < 4.78 is 37.3. The summed E-state index contributed by atoms with van der Waals surface area (Å²) in [6, 6.07) is 18.1. The molecule has 3 rings (SSSR count). The Bertz CT molecular complexity index is 1310. The Hall–Kier alpha value is -2.98. The molecule has 3 aromatic rings. The van der Waals surface area contributed by atoms with E-state index in [-0.39, 0.29) is 17.3 Å². The molecule has 0 saturated heterocycles. The Morgan fingerprint density at radius 2 is 1.81 bits per heavy atom. The SMILES string of the molecule is COc1cccc(/C=C(\C#N)S(=O)(=O)c2ccc(C)cc2)c1OCc1ccc(Cl)cc1Cl. The summed E-state index contributed by atoms with van der Waals surface area (Å²) in [5.41, 5.74) is 1.97. The third kappa shape index (κ3) is 5.25. The number of nitriles is 1. The second-order valence-corrected chi connectivity index (χ2v) is 9.60. The van der Waals surface area contributed by atoms with Gasteiger partial charge in [-0.2, -0.15) is 5.26 Å². The second-order valence-electron chi connectivity index (χ2n) is 6.84. The van der Waals surface area contributed by atoms with Crippen LogP contribution in [0.1, 0.15) is 16.7 Å². The van der Waals surface area contributed by atoms with Gasteiger partial charge in [0.25, 0.3) is 0 Å². The number of hydrogen-bond donors (Lipinski definition) is 0. The lowest BCUT2D eigenvalue weighted by Crippen LogP contribution is -2.04. The first-order chi connectivity index (χ1) is 15.3. The predicted octanol–water partition coefficient (Wildman–Crippen LogP) is 6.23. The van der Waals surface area contributed by atoms with Crippen molar-refractivity contribution in [2.24, 2.45) is 0 Å². The fraction of sp³-hybridized carbons (Fsp3) is 0.125. The maximum absolute atomic E-state index is 13.0. The minimum absolute atomic E-state index is 0.0363. The fourth-order valence-electron chi connectivity index (χ4n) is 2.91. The van der Waals surface area contributed by atoms with Crippen LogP contribution < -0.4 is 9.47 Å². The number of methoxy groups -OCH3 is 1. The van der Waals surface area contributed by atoms with Crippen molar-refractivity contribution >= 4 is 39.1 Å². The molecule has 0 aliphatic carbocycles. The van der Waals surface area contributed by atoms with Crippen molar-refractivity contribution in [2.45, 2.75) is 18.4 Å². The highest BCUT2D eigenvalue weighted by atomic mass is 35.5. The average Bonchev–Trinajstić information content (AvgIpc) is 2.77. The van der Waals surface area contributed by atoms with Crippen LogP contribution in [0.15, 0.2) is 70.5 Å². The molecular weight excluding hydrogens is 469 g/mol. The zero-order chi connectivity index (χ0) is 23.3. The molecule has 3 aromatic carbocycles. The monoisotopic (exact) mass is 487 g/mol. The summed E-state index contributed by atoms with van der Waals surface area (Å²) in [6.45, 7) is 1.94. The number of aryl methyl sites for hydroxylation is 1. The Balaban J connectivity index is 2.02. The number of para-hydroxylation sites is 1. The van der Waals surface area contributed by atoms with E-state index < -0.39 is 14.7 Å². The van der Waals surface area contributed by atoms with Crippen molar-refractivity contribution in [3.05, 3.63) is 92.3 Å². The van der Waals surface area contributed by atoms with Crippen LogP contribution in [0, 0.1) is 18.3 Å². The van der Waals surface area contributed by atoms with Gasteiger partial charge in [-0.05, 0) is 43.3 Å². The van der Waals surface area contributed by atoms with Gasteiger partial charge in [-0.3, -0.25) is 0 Å². The number of hydrogen-bond acceptors (Lipinski definition) is 5. The van der Waals surface area contributed by atoms with Crippen LogP contribution in [0.2, 0.25) is 10.0 Å². The summed E-state index contributed by atoms with van der Waals surface area (Å²) in [5, 5.41) is 10.6. The zero-order valence-electron chi connectivity index (χ0n) is 17.3. The molecule has 0 amide bonds. The van der Waals surface area contributed by atoms with Crippen molar-refractivity contribution in [3.63, 3.8) is 0 Å². The molecule has 0 unspecified atom stereocenters. The van der Waals surface area contributed by atoms with E-state index in [9.17, 15) is 13.7 Å².